The van der Waals surface area contributed by atoms with Gasteiger partial charge < -0.3 is 10.1 Å². The van der Waals surface area contributed by atoms with Crippen molar-refractivity contribution in [3.63, 3.8) is 0 Å². The van der Waals surface area contributed by atoms with Crippen LogP contribution in [0.2, 0.25) is 0 Å². The minimum absolute atomic E-state index is 0.00410. The van der Waals surface area contributed by atoms with Gasteiger partial charge >= 0.3 is 6.03 Å². The van der Waals surface area contributed by atoms with Crippen LogP contribution in [0, 0.1) is 5.92 Å². The summed E-state index contributed by atoms with van der Waals surface area (Å²) < 4.78 is 6.73. The topological polar surface area (TPSA) is 81.1 Å². The van der Waals surface area contributed by atoms with E-state index in [1.54, 1.807) is 35.4 Å². The highest BCUT2D eigenvalue weighted by molar-refractivity contribution is 7.09. The molecule has 1 atom stereocenters. The molecule has 3 rings (SSSR count). The van der Waals surface area contributed by atoms with E-state index in [2.05, 4.69) is 20.7 Å². The second-order valence-corrected chi connectivity index (χ2v) is 6.17. The summed E-state index contributed by atoms with van der Waals surface area (Å²) in [4.78, 5) is 16.5. The number of urea groups is 1. The number of ether oxygens (including phenoxy) is 1. The fourth-order valence-electron chi connectivity index (χ4n) is 2.23. The average molecular weight is 321 g/mol. The number of methoxy groups -OCH3 is 1. The van der Waals surface area contributed by atoms with Gasteiger partial charge in [0, 0.05) is 30.9 Å². The van der Waals surface area contributed by atoms with Crippen LogP contribution in [-0.4, -0.2) is 34.5 Å². The van der Waals surface area contributed by atoms with Crippen molar-refractivity contribution in [2.45, 2.75) is 25.4 Å². The number of hydrogen-bond donors (Lipinski definition) is 2. The van der Waals surface area contributed by atoms with Gasteiger partial charge in [-0.05, 0) is 18.8 Å². The summed E-state index contributed by atoms with van der Waals surface area (Å²) in [6, 6.07) is 1.52. The predicted octanol–water partition coefficient (Wildman–Crippen LogP) is 2.26. The van der Waals surface area contributed by atoms with Crippen molar-refractivity contribution in [3.8, 4) is 0 Å². The number of anilines is 1. The van der Waals surface area contributed by atoms with Crippen LogP contribution < -0.4 is 10.6 Å². The van der Waals surface area contributed by atoms with Crippen molar-refractivity contribution in [2.24, 2.45) is 5.92 Å². The number of rotatable bonds is 7. The number of amides is 2. The number of carbonyl (C=O) groups is 1. The summed E-state index contributed by atoms with van der Waals surface area (Å²) in [6.45, 7) is 1.24. The van der Waals surface area contributed by atoms with E-state index >= 15 is 0 Å². The molecule has 2 heterocycles. The fourth-order valence-corrected chi connectivity index (χ4v) is 3.01. The molecule has 0 aromatic carbocycles. The van der Waals surface area contributed by atoms with Gasteiger partial charge in [-0.25, -0.2) is 9.78 Å². The molecule has 0 bridgehead atoms. The van der Waals surface area contributed by atoms with E-state index in [1.165, 1.54) is 0 Å². The van der Waals surface area contributed by atoms with Gasteiger partial charge in [0.2, 0.25) is 0 Å². The van der Waals surface area contributed by atoms with Crippen molar-refractivity contribution in [3.05, 3.63) is 28.8 Å². The first-order valence-corrected chi connectivity index (χ1v) is 8.13. The molecule has 0 aliphatic heterocycles. The average Bonchev–Trinajstić information content (AvgIpc) is 3.02. The third kappa shape index (κ3) is 3.83. The fraction of sp³-hybridized carbons (Fsp3) is 0.500. The zero-order valence-electron chi connectivity index (χ0n) is 12.4. The van der Waals surface area contributed by atoms with Crippen molar-refractivity contribution < 1.29 is 9.53 Å². The lowest BCUT2D eigenvalue weighted by Crippen LogP contribution is -2.33. The van der Waals surface area contributed by atoms with Crippen LogP contribution >= 0.6 is 11.3 Å². The SMILES string of the molecule is COCCn1ccc(NC(=O)NC(c2nccs2)C2CC2)n1. The molecule has 1 aliphatic rings. The Bertz CT molecular complexity index is 609. The summed E-state index contributed by atoms with van der Waals surface area (Å²) in [7, 11) is 1.65. The van der Waals surface area contributed by atoms with Crippen LogP contribution in [0.5, 0.6) is 0 Å². The molecule has 22 heavy (non-hydrogen) atoms. The van der Waals surface area contributed by atoms with Gasteiger partial charge in [-0.2, -0.15) is 5.10 Å². The number of carbonyl (C=O) groups excluding carboxylic acids is 1. The van der Waals surface area contributed by atoms with Gasteiger partial charge in [-0.1, -0.05) is 0 Å². The summed E-state index contributed by atoms with van der Waals surface area (Å²) >= 11 is 1.57. The predicted molar refractivity (Wildman–Crippen MR) is 83.8 cm³/mol. The Labute approximate surface area is 132 Å². The molecule has 2 aromatic rings. The molecular weight excluding hydrogens is 302 g/mol. The standard InChI is InChI=1S/C14H19N5O2S/c1-21-8-7-19-6-4-11(18-19)16-14(20)17-12(10-2-3-10)13-15-5-9-22-13/h4-6,9-10,12H,2-3,7-8H2,1H3,(H2,16,17,18,20). The van der Waals surface area contributed by atoms with Crippen LogP contribution in [0.1, 0.15) is 23.9 Å². The van der Waals surface area contributed by atoms with Crippen molar-refractivity contribution in [1.29, 1.82) is 0 Å². The first-order valence-electron chi connectivity index (χ1n) is 7.25. The molecule has 1 fully saturated rings. The molecular formula is C14H19N5O2S. The first kappa shape index (κ1) is 15.0. The number of aromatic nitrogens is 3. The van der Waals surface area contributed by atoms with Crippen LogP contribution in [-0.2, 0) is 11.3 Å². The van der Waals surface area contributed by atoms with Gasteiger partial charge in [0.25, 0.3) is 0 Å². The maximum Gasteiger partial charge on any atom is 0.321 e. The van der Waals surface area contributed by atoms with E-state index in [0.29, 0.717) is 24.9 Å². The minimum Gasteiger partial charge on any atom is -0.383 e. The van der Waals surface area contributed by atoms with Gasteiger partial charge in [-0.15, -0.1) is 11.3 Å². The number of nitrogens with one attached hydrogen (secondary N) is 2. The van der Waals surface area contributed by atoms with Gasteiger partial charge in [0.1, 0.15) is 5.01 Å². The Morgan fingerprint density at radius 1 is 1.59 bits per heavy atom. The van der Waals surface area contributed by atoms with Crippen LogP contribution in [0.4, 0.5) is 10.6 Å². The molecule has 1 unspecified atom stereocenters. The van der Waals surface area contributed by atoms with E-state index in [1.807, 2.05) is 11.6 Å². The Morgan fingerprint density at radius 2 is 2.45 bits per heavy atom. The van der Waals surface area contributed by atoms with Crippen molar-refractivity contribution >= 4 is 23.2 Å². The summed E-state index contributed by atoms with van der Waals surface area (Å²) in [6.07, 6.45) is 5.85. The molecule has 0 radical (unpaired) electrons. The molecule has 1 aliphatic carbocycles. The van der Waals surface area contributed by atoms with Gasteiger partial charge in [0.15, 0.2) is 5.82 Å². The normalized spacial score (nSPS) is 15.5. The molecule has 7 nitrogen and oxygen atoms in total. The highest BCUT2D eigenvalue weighted by atomic mass is 32.1. The molecule has 1 saturated carbocycles. The first-order chi connectivity index (χ1) is 10.8. The lowest BCUT2D eigenvalue weighted by atomic mass is 10.2. The quantitative estimate of drug-likeness (QED) is 0.819. The summed E-state index contributed by atoms with van der Waals surface area (Å²) in [5.74, 6) is 1.03. The van der Waals surface area contributed by atoms with Crippen LogP contribution in [0.25, 0.3) is 0 Å². The van der Waals surface area contributed by atoms with E-state index < -0.39 is 0 Å². The number of nitrogens with zero attached hydrogens (tertiary/aromatic N) is 3. The zero-order chi connectivity index (χ0) is 15.4. The summed E-state index contributed by atoms with van der Waals surface area (Å²) in [5.41, 5.74) is 0. The van der Waals surface area contributed by atoms with E-state index in [-0.39, 0.29) is 12.1 Å². The van der Waals surface area contributed by atoms with Crippen molar-refractivity contribution in [2.75, 3.05) is 19.0 Å². The summed E-state index contributed by atoms with van der Waals surface area (Å²) in [5, 5.41) is 12.9. The van der Waals surface area contributed by atoms with Gasteiger partial charge in [-0.3, -0.25) is 10.00 Å². The molecule has 0 saturated heterocycles. The largest absolute Gasteiger partial charge is 0.383 e. The number of thiazole rings is 1. The Balaban J connectivity index is 1.56. The molecule has 8 heteroatoms. The second-order valence-electron chi connectivity index (χ2n) is 5.24. The second kappa shape index (κ2) is 6.89. The minimum atomic E-state index is -0.246. The molecule has 0 spiro atoms. The van der Waals surface area contributed by atoms with Gasteiger partial charge in [0.05, 0.1) is 19.2 Å². The van der Waals surface area contributed by atoms with E-state index in [9.17, 15) is 4.79 Å². The monoisotopic (exact) mass is 321 g/mol. The lowest BCUT2D eigenvalue weighted by molar-refractivity contribution is 0.183. The highest BCUT2D eigenvalue weighted by Gasteiger charge is 2.35. The smallest absolute Gasteiger partial charge is 0.321 e. The molecule has 118 valence electrons. The number of hydrogen-bond acceptors (Lipinski definition) is 5. The third-order valence-corrected chi connectivity index (χ3v) is 4.36. The lowest BCUT2D eigenvalue weighted by Gasteiger charge is -2.15. The maximum absolute atomic E-state index is 12.2. The Kier molecular flexibility index (Phi) is 4.69. The van der Waals surface area contributed by atoms with Crippen LogP contribution in [0.15, 0.2) is 23.8 Å². The van der Waals surface area contributed by atoms with E-state index in [0.717, 1.165) is 17.8 Å². The maximum atomic E-state index is 12.2. The molecule has 2 aromatic heterocycles. The third-order valence-electron chi connectivity index (χ3n) is 3.50. The molecule has 2 amide bonds. The zero-order valence-corrected chi connectivity index (χ0v) is 13.2. The van der Waals surface area contributed by atoms with E-state index in [4.69, 9.17) is 4.74 Å². The van der Waals surface area contributed by atoms with Crippen LogP contribution in [0.3, 0.4) is 0 Å². The van der Waals surface area contributed by atoms with Crippen molar-refractivity contribution in [1.82, 2.24) is 20.1 Å². The Morgan fingerprint density at radius 3 is 3.14 bits per heavy atom. The highest BCUT2D eigenvalue weighted by Crippen LogP contribution is 2.41. The Hall–Kier alpha value is -1.93. The molecule has 2 N–H and O–H groups in total.